The monoisotopic (exact) mass is 442 g/mol. The zero-order chi connectivity index (χ0) is 23.5. The number of hydrogen-bond donors (Lipinski definition) is 1. The Bertz CT molecular complexity index is 698. The van der Waals surface area contributed by atoms with Gasteiger partial charge >= 0.3 is 0 Å². The summed E-state index contributed by atoms with van der Waals surface area (Å²) in [5.41, 5.74) is 2.98. The van der Waals surface area contributed by atoms with E-state index in [1.165, 1.54) is 51.4 Å². The van der Waals surface area contributed by atoms with Crippen LogP contribution in [-0.2, 0) is 0 Å². The summed E-state index contributed by atoms with van der Waals surface area (Å²) in [5, 5.41) is 10.3. The molecule has 0 heterocycles. The van der Waals surface area contributed by atoms with Crippen LogP contribution in [0.3, 0.4) is 0 Å². The van der Waals surface area contributed by atoms with Gasteiger partial charge in [0, 0.05) is 0 Å². The van der Waals surface area contributed by atoms with E-state index in [0.717, 1.165) is 54.3 Å². The van der Waals surface area contributed by atoms with Crippen LogP contribution < -0.4 is 0 Å². The van der Waals surface area contributed by atoms with Gasteiger partial charge < -0.3 is 5.11 Å². The molecule has 1 nitrogen and oxygen atoms in total. The molecule has 184 valence electrons. The molecule has 0 aromatic heterocycles. The molecule has 1 unspecified atom stereocenters. The van der Waals surface area contributed by atoms with Crippen LogP contribution >= 0.6 is 0 Å². The van der Waals surface area contributed by atoms with Crippen LogP contribution in [0.2, 0.25) is 0 Å². The zero-order valence-corrected chi connectivity index (χ0v) is 22.7. The molecule has 32 heavy (non-hydrogen) atoms. The predicted octanol–water partition coefficient (Wildman–Crippen LogP) is 8.66. The minimum absolute atomic E-state index is 0.0841. The summed E-state index contributed by atoms with van der Waals surface area (Å²) in [5.74, 6) is 6.09. The zero-order valence-electron chi connectivity index (χ0n) is 22.7. The minimum Gasteiger partial charge on any atom is -0.393 e. The first kappa shape index (κ1) is 24.8. The van der Waals surface area contributed by atoms with E-state index in [9.17, 15) is 5.11 Å². The van der Waals surface area contributed by atoms with Crippen molar-refractivity contribution in [3.05, 3.63) is 11.6 Å². The molecule has 4 aliphatic carbocycles. The summed E-state index contributed by atoms with van der Waals surface area (Å²) in [4.78, 5) is 0. The number of fused-ring (bicyclic) bond motifs is 5. The summed E-state index contributed by atoms with van der Waals surface area (Å²) < 4.78 is 0. The van der Waals surface area contributed by atoms with Gasteiger partial charge in [0.2, 0.25) is 0 Å². The molecule has 3 saturated carbocycles. The first-order valence-corrected chi connectivity index (χ1v) is 14.3. The van der Waals surface area contributed by atoms with Gasteiger partial charge in [-0.05, 0) is 115 Å². The van der Waals surface area contributed by atoms with Crippen molar-refractivity contribution < 1.29 is 5.11 Å². The fourth-order valence-corrected chi connectivity index (χ4v) is 10.0. The van der Waals surface area contributed by atoms with Gasteiger partial charge in [-0.15, -0.1) is 0 Å². The number of aliphatic hydroxyl groups is 1. The molecule has 0 aromatic carbocycles. The van der Waals surface area contributed by atoms with Crippen LogP contribution in [0.4, 0.5) is 0 Å². The first-order chi connectivity index (χ1) is 14.9. The number of allylic oxidation sites excluding steroid dienone is 1. The third-order valence-corrected chi connectivity index (χ3v) is 11.7. The first-order valence-electron chi connectivity index (χ1n) is 14.3. The SMILES string of the molecule is CC(C)C(CC[C@@H](C)[C@H]1CC[C@H]2[C@@H]3CC=C4C[C@@H](O)CC[C@]4(C)[C@H]3CC[C@]12C)C(C)(C)C. The Morgan fingerprint density at radius 3 is 2.34 bits per heavy atom. The van der Waals surface area contributed by atoms with E-state index in [4.69, 9.17) is 0 Å². The molecule has 1 heteroatoms. The fraction of sp³-hybridized carbons (Fsp3) is 0.935. The second-order valence-electron chi connectivity index (χ2n) is 14.7. The lowest BCUT2D eigenvalue weighted by Crippen LogP contribution is -2.50. The van der Waals surface area contributed by atoms with E-state index in [0.29, 0.717) is 16.2 Å². The Balaban J connectivity index is 1.47. The molecule has 0 aliphatic heterocycles. The summed E-state index contributed by atoms with van der Waals surface area (Å²) >= 11 is 0. The molecule has 3 fully saturated rings. The normalized spacial score (nSPS) is 43.8. The van der Waals surface area contributed by atoms with E-state index in [1.54, 1.807) is 5.57 Å². The van der Waals surface area contributed by atoms with Gasteiger partial charge in [-0.3, -0.25) is 0 Å². The minimum atomic E-state index is -0.0841. The Morgan fingerprint density at radius 2 is 1.69 bits per heavy atom. The van der Waals surface area contributed by atoms with Crippen molar-refractivity contribution in [2.45, 2.75) is 126 Å². The highest BCUT2D eigenvalue weighted by atomic mass is 16.3. The van der Waals surface area contributed by atoms with Gasteiger partial charge in [0.25, 0.3) is 0 Å². The summed E-state index contributed by atoms with van der Waals surface area (Å²) in [6.45, 7) is 20.1. The lowest BCUT2D eigenvalue weighted by Gasteiger charge is -2.58. The largest absolute Gasteiger partial charge is 0.393 e. The standard InChI is InChI=1S/C31H54O/c1-20(2)25(29(4,5)6)12-9-21(3)26-13-14-27-24-11-10-22-19-23(32)15-17-30(22,7)28(24)16-18-31(26,27)8/h10,20-21,23-28,32H,9,11-19H2,1-8H3/t21-,23+,24+,25?,26-,27+,28+,30+,31-/m1/s1. The second kappa shape index (κ2) is 8.73. The van der Waals surface area contributed by atoms with Crippen LogP contribution in [0.15, 0.2) is 11.6 Å². The van der Waals surface area contributed by atoms with Crippen molar-refractivity contribution >= 4 is 0 Å². The maximum Gasteiger partial charge on any atom is 0.0577 e. The fourth-order valence-electron chi connectivity index (χ4n) is 10.0. The molecular formula is C31H54O. The Morgan fingerprint density at radius 1 is 0.969 bits per heavy atom. The van der Waals surface area contributed by atoms with Crippen LogP contribution in [0, 0.1) is 57.7 Å². The van der Waals surface area contributed by atoms with Crippen molar-refractivity contribution in [2.24, 2.45) is 57.7 Å². The smallest absolute Gasteiger partial charge is 0.0577 e. The highest BCUT2D eigenvalue weighted by Crippen LogP contribution is 2.67. The van der Waals surface area contributed by atoms with Crippen molar-refractivity contribution in [1.82, 2.24) is 0 Å². The van der Waals surface area contributed by atoms with Crippen LogP contribution in [0.1, 0.15) is 120 Å². The van der Waals surface area contributed by atoms with Crippen LogP contribution in [0.5, 0.6) is 0 Å². The molecule has 0 bridgehead atoms. The van der Waals surface area contributed by atoms with Crippen LogP contribution in [-0.4, -0.2) is 11.2 Å². The van der Waals surface area contributed by atoms with Crippen molar-refractivity contribution in [3.8, 4) is 0 Å². The molecule has 1 N–H and O–H groups in total. The van der Waals surface area contributed by atoms with Crippen molar-refractivity contribution in [2.75, 3.05) is 0 Å². The molecule has 0 aromatic rings. The van der Waals surface area contributed by atoms with Crippen LogP contribution in [0.25, 0.3) is 0 Å². The predicted molar refractivity (Wildman–Crippen MR) is 137 cm³/mol. The third-order valence-electron chi connectivity index (χ3n) is 11.7. The highest BCUT2D eigenvalue weighted by molar-refractivity contribution is 5.25. The highest BCUT2D eigenvalue weighted by Gasteiger charge is 2.59. The molecule has 0 amide bonds. The van der Waals surface area contributed by atoms with Gasteiger partial charge in [-0.2, -0.15) is 0 Å². The Kier molecular flexibility index (Phi) is 6.77. The number of aliphatic hydroxyl groups excluding tert-OH is 1. The lowest BCUT2D eigenvalue weighted by atomic mass is 9.47. The molecule has 0 radical (unpaired) electrons. The van der Waals surface area contributed by atoms with E-state index < -0.39 is 0 Å². The van der Waals surface area contributed by atoms with Gasteiger partial charge in [0.15, 0.2) is 0 Å². The number of hydrogen-bond acceptors (Lipinski definition) is 1. The van der Waals surface area contributed by atoms with Crippen molar-refractivity contribution in [3.63, 3.8) is 0 Å². The topological polar surface area (TPSA) is 20.2 Å². The average Bonchev–Trinajstić information content (AvgIpc) is 3.04. The van der Waals surface area contributed by atoms with Gasteiger partial charge in [0.05, 0.1) is 6.10 Å². The summed E-state index contributed by atoms with van der Waals surface area (Å²) in [6.07, 6.45) is 15.6. The maximum atomic E-state index is 10.3. The average molecular weight is 443 g/mol. The third kappa shape index (κ3) is 4.16. The van der Waals surface area contributed by atoms with E-state index >= 15 is 0 Å². The van der Waals surface area contributed by atoms with E-state index in [2.05, 4.69) is 61.5 Å². The summed E-state index contributed by atoms with van der Waals surface area (Å²) in [6, 6.07) is 0. The molecule has 0 saturated heterocycles. The second-order valence-corrected chi connectivity index (χ2v) is 14.7. The summed E-state index contributed by atoms with van der Waals surface area (Å²) in [7, 11) is 0. The lowest BCUT2D eigenvalue weighted by molar-refractivity contribution is -0.0578. The molecule has 4 aliphatic rings. The number of rotatable bonds is 5. The quantitative estimate of drug-likeness (QED) is 0.422. The Labute approximate surface area is 200 Å². The molecule has 0 spiro atoms. The van der Waals surface area contributed by atoms with Gasteiger partial charge in [0.1, 0.15) is 0 Å². The molecule has 9 atom stereocenters. The molecule has 4 rings (SSSR count). The maximum absolute atomic E-state index is 10.3. The van der Waals surface area contributed by atoms with Gasteiger partial charge in [-0.1, -0.05) is 73.5 Å². The molecular weight excluding hydrogens is 388 g/mol. The van der Waals surface area contributed by atoms with Crippen molar-refractivity contribution in [1.29, 1.82) is 0 Å². The van der Waals surface area contributed by atoms with E-state index in [-0.39, 0.29) is 6.10 Å². The Hall–Kier alpha value is -0.300. The van der Waals surface area contributed by atoms with E-state index in [1.807, 2.05) is 0 Å². The van der Waals surface area contributed by atoms with Gasteiger partial charge in [-0.25, -0.2) is 0 Å².